The Morgan fingerprint density at radius 2 is 2.00 bits per heavy atom. The first kappa shape index (κ1) is 14.6. The fraction of sp³-hybridized carbons (Fsp3) is 0.278. The minimum atomic E-state index is -0.309. The number of esters is 1. The summed E-state index contributed by atoms with van der Waals surface area (Å²) in [5, 5.41) is 3.50. The second-order valence-electron chi connectivity index (χ2n) is 5.39. The second kappa shape index (κ2) is 6.62. The molecule has 0 spiro atoms. The van der Waals surface area contributed by atoms with Crippen molar-refractivity contribution in [2.24, 2.45) is 0 Å². The van der Waals surface area contributed by atoms with E-state index in [2.05, 4.69) is 11.4 Å². The Bertz CT molecular complexity index is 652. The Kier molecular flexibility index (Phi) is 4.39. The number of nitrogens with one attached hydrogen (secondary N) is 1. The molecule has 1 aliphatic heterocycles. The molecule has 2 aromatic carbocycles. The van der Waals surface area contributed by atoms with Gasteiger partial charge in [0.25, 0.3) is 0 Å². The summed E-state index contributed by atoms with van der Waals surface area (Å²) >= 11 is 0. The molecule has 0 saturated heterocycles. The molecule has 3 rings (SSSR count). The predicted octanol–water partition coefficient (Wildman–Crippen LogP) is 2.57. The standard InChI is InChI=1S/C18H19NO3/c1-21-18(20)14-8-6-13(7-9-14)11-19-16-10-15-4-2-3-5-17(15)22-12-16/h2-9,16,19H,10-12H2,1H3. The van der Waals surface area contributed by atoms with Crippen LogP contribution < -0.4 is 10.1 Å². The monoisotopic (exact) mass is 297 g/mol. The van der Waals surface area contributed by atoms with Crippen LogP contribution in [-0.4, -0.2) is 25.7 Å². The Morgan fingerprint density at radius 1 is 1.23 bits per heavy atom. The molecule has 1 atom stereocenters. The molecule has 1 heterocycles. The first-order chi connectivity index (χ1) is 10.8. The van der Waals surface area contributed by atoms with Crippen molar-refractivity contribution in [1.29, 1.82) is 0 Å². The van der Waals surface area contributed by atoms with Crippen LogP contribution in [0.2, 0.25) is 0 Å². The molecule has 1 N–H and O–H groups in total. The molecule has 0 saturated carbocycles. The predicted molar refractivity (Wildman–Crippen MR) is 84.1 cm³/mol. The molecule has 2 aromatic rings. The highest BCUT2D eigenvalue weighted by atomic mass is 16.5. The van der Waals surface area contributed by atoms with E-state index >= 15 is 0 Å². The lowest BCUT2D eigenvalue weighted by molar-refractivity contribution is 0.0600. The third-order valence-electron chi connectivity index (χ3n) is 3.85. The highest BCUT2D eigenvalue weighted by Crippen LogP contribution is 2.24. The number of carbonyl (C=O) groups excluding carboxylic acids is 1. The molecular formula is C18H19NO3. The van der Waals surface area contributed by atoms with Gasteiger partial charge < -0.3 is 14.8 Å². The lowest BCUT2D eigenvalue weighted by Gasteiger charge is -2.26. The van der Waals surface area contributed by atoms with Crippen molar-refractivity contribution in [2.45, 2.75) is 19.0 Å². The fourth-order valence-corrected chi connectivity index (χ4v) is 2.60. The number of hydrogen-bond acceptors (Lipinski definition) is 4. The number of benzene rings is 2. The zero-order valence-electron chi connectivity index (χ0n) is 12.5. The summed E-state index contributed by atoms with van der Waals surface area (Å²) in [4.78, 5) is 11.4. The zero-order chi connectivity index (χ0) is 15.4. The maximum atomic E-state index is 11.4. The lowest BCUT2D eigenvalue weighted by Crippen LogP contribution is -2.38. The molecular weight excluding hydrogens is 278 g/mol. The molecule has 4 nitrogen and oxygen atoms in total. The van der Waals surface area contributed by atoms with Crippen LogP contribution in [0.1, 0.15) is 21.5 Å². The Labute approximate surface area is 130 Å². The van der Waals surface area contributed by atoms with Gasteiger partial charge in [0.05, 0.1) is 12.7 Å². The van der Waals surface area contributed by atoms with E-state index in [9.17, 15) is 4.79 Å². The fourth-order valence-electron chi connectivity index (χ4n) is 2.60. The van der Waals surface area contributed by atoms with Crippen LogP contribution in [0.15, 0.2) is 48.5 Å². The summed E-state index contributed by atoms with van der Waals surface area (Å²) in [7, 11) is 1.39. The van der Waals surface area contributed by atoms with Crippen LogP contribution in [0.25, 0.3) is 0 Å². The van der Waals surface area contributed by atoms with Crippen LogP contribution in [-0.2, 0) is 17.7 Å². The van der Waals surface area contributed by atoms with Gasteiger partial charge in [0.2, 0.25) is 0 Å². The van der Waals surface area contributed by atoms with Crippen molar-refractivity contribution in [2.75, 3.05) is 13.7 Å². The van der Waals surface area contributed by atoms with Crippen molar-refractivity contribution in [3.05, 3.63) is 65.2 Å². The van der Waals surface area contributed by atoms with Crippen molar-refractivity contribution >= 4 is 5.97 Å². The molecule has 22 heavy (non-hydrogen) atoms. The summed E-state index contributed by atoms with van der Waals surface area (Å²) < 4.78 is 10.5. The molecule has 1 aliphatic rings. The Morgan fingerprint density at radius 3 is 2.77 bits per heavy atom. The average molecular weight is 297 g/mol. The van der Waals surface area contributed by atoms with Gasteiger partial charge in [-0.1, -0.05) is 30.3 Å². The third-order valence-corrected chi connectivity index (χ3v) is 3.85. The third kappa shape index (κ3) is 3.28. The van der Waals surface area contributed by atoms with E-state index in [1.54, 1.807) is 12.1 Å². The van der Waals surface area contributed by atoms with E-state index < -0.39 is 0 Å². The lowest BCUT2D eigenvalue weighted by atomic mass is 10.0. The van der Waals surface area contributed by atoms with Gasteiger partial charge in [0.1, 0.15) is 12.4 Å². The van der Waals surface area contributed by atoms with Crippen molar-refractivity contribution in [3.63, 3.8) is 0 Å². The largest absolute Gasteiger partial charge is 0.492 e. The minimum absolute atomic E-state index is 0.301. The Balaban J connectivity index is 1.56. The van der Waals surface area contributed by atoms with E-state index in [0.29, 0.717) is 18.2 Å². The number of methoxy groups -OCH3 is 1. The maximum Gasteiger partial charge on any atom is 0.337 e. The Hall–Kier alpha value is -2.33. The average Bonchev–Trinajstić information content (AvgIpc) is 2.59. The summed E-state index contributed by atoms with van der Waals surface area (Å²) in [6.45, 7) is 1.43. The van der Waals surface area contributed by atoms with Gasteiger partial charge in [0.15, 0.2) is 0 Å². The summed E-state index contributed by atoms with van der Waals surface area (Å²) in [6.07, 6.45) is 0.969. The van der Waals surface area contributed by atoms with Gasteiger partial charge in [-0.2, -0.15) is 0 Å². The smallest absolute Gasteiger partial charge is 0.337 e. The van der Waals surface area contributed by atoms with E-state index in [4.69, 9.17) is 9.47 Å². The zero-order valence-corrected chi connectivity index (χ0v) is 12.5. The van der Waals surface area contributed by atoms with Gasteiger partial charge in [-0.15, -0.1) is 0 Å². The van der Waals surface area contributed by atoms with Crippen molar-refractivity contribution in [3.8, 4) is 5.75 Å². The van der Waals surface area contributed by atoms with E-state index in [0.717, 1.165) is 24.3 Å². The van der Waals surface area contributed by atoms with Crippen molar-refractivity contribution in [1.82, 2.24) is 5.32 Å². The number of fused-ring (bicyclic) bond motifs is 1. The number of carbonyl (C=O) groups is 1. The van der Waals surface area contributed by atoms with E-state index in [1.807, 2.05) is 30.3 Å². The van der Waals surface area contributed by atoms with Gasteiger partial charge in [-0.25, -0.2) is 4.79 Å². The number of para-hydroxylation sites is 1. The normalized spacial score (nSPS) is 16.5. The van der Waals surface area contributed by atoms with Crippen LogP contribution in [0.4, 0.5) is 0 Å². The molecule has 0 aliphatic carbocycles. The van der Waals surface area contributed by atoms with Crippen molar-refractivity contribution < 1.29 is 14.3 Å². The van der Waals surface area contributed by atoms with Crippen LogP contribution in [0.3, 0.4) is 0 Å². The molecule has 114 valence electrons. The molecule has 1 unspecified atom stereocenters. The van der Waals surface area contributed by atoms with Crippen LogP contribution in [0.5, 0.6) is 5.75 Å². The highest BCUT2D eigenvalue weighted by molar-refractivity contribution is 5.89. The number of rotatable bonds is 4. The summed E-state index contributed by atoms with van der Waals surface area (Å²) in [6, 6.07) is 15.9. The van der Waals surface area contributed by atoms with Gasteiger partial charge in [0, 0.05) is 12.6 Å². The molecule has 0 fully saturated rings. The quantitative estimate of drug-likeness (QED) is 0.881. The van der Waals surface area contributed by atoms with Gasteiger partial charge in [-0.05, 0) is 35.7 Å². The van der Waals surface area contributed by atoms with E-state index in [1.165, 1.54) is 12.7 Å². The molecule has 0 bridgehead atoms. The van der Waals surface area contributed by atoms with Crippen LogP contribution in [0, 0.1) is 0 Å². The molecule has 0 radical (unpaired) electrons. The summed E-state index contributed by atoms with van der Waals surface area (Å²) in [5.41, 5.74) is 2.94. The number of ether oxygens (including phenoxy) is 2. The minimum Gasteiger partial charge on any atom is -0.492 e. The summed E-state index contributed by atoms with van der Waals surface area (Å²) in [5.74, 6) is 0.680. The first-order valence-electron chi connectivity index (χ1n) is 7.37. The molecule has 0 aromatic heterocycles. The topological polar surface area (TPSA) is 47.6 Å². The van der Waals surface area contributed by atoms with E-state index in [-0.39, 0.29) is 5.97 Å². The van der Waals surface area contributed by atoms with Gasteiger partial charge >= 0.3 is 5.97 Å². The van der Waals surface area contributed by atoms with Crippen LogP contribution >= 0.6 is 0 Å². The number of hydrogen-bond donors (Lipinski definition) is 1. The second-order valence-corrected chi connectivity index (χ2v) is 5.39. The first-order valence-corrected chi connectivity index (χ1v) is 7.37. The molecule has 4 heteroatoms. The molecule has 0 amide bonds. The SMILES string of the molecule is COC(=O)c1ccc(CNC2COc3ccccc3C2)cc1. The maximum absolute atomic E-state index is 11.4. The highest BCUT2D eigenvalue weighted by Gasteiger charge is 2.18. The van der Waals surface area contributed by atoms with Gasteiger partial charge in [-0.3, -0.25) is 0 Å².